The molecule has 3 heteroatoms. The van der Waals surface area contributed by atoms with Crippen LogP contribution in [-0.2, 0) is 11.3 Å². The van der Waals surface area contributed by atoms with Gasteiger partial charge in [0.25, 0.3) is 0 Å². The van der Waals surface area contributed by atoms with Crippen LogP contribution in [0, 0.1) is 0 Å². The van der Waals surface area contributed by atoms with Crippen LogP contribution in [0.5, 0.6) is 0 Å². The number of nitrogens with two attached hydrogens (primary N) is 1. The predicted molar refractivity (Wildman–Crippen MR) is 70.4 cm³/mol. The molecule has 0 saturated carbocycles. The summed E-state index contributed by atoms with van der Waals surface area (Å²) in [4.78, 5) is 13.8. The van der Waals surface area contributed by atoms with E-state index in [9.17, 15) is 4.79 Å². The molecule has 0 aliphatic carbocycles. The number of rotatable bonds is 7. The lowest BCUT2D eigenvalue weighted by Crippen LogP contribution is -2.30. The molecule has 0 atom stereocenters. The maximum Gasteiger partial charge on any atom is 0.222 e. The molecule has 2 N–H and O–H groups in total. The van der Waals surface area contributed by atoms with Crippen molar-refractivity contribution in [2.45, 2.75) is 32.7 Å². The minimum atomic E-state index is 0.227. The number of carbonyl (C=O) groups excluding carboxylic acids is 1. The molecule has 0 aliphatic rings. The first kappa shape index (κ1) is 13.7. The first-order chi connectivity index (χ1) is 8.27. The van der Waals surface area contributed by atoms with E-state index >= 15 is 0 Å². The standard InChI is InChI=1S/C14H22N2O/c1-2-16(14(17)10-6-7-11-15)12-13-8-4-3-5-9-13/h3-5,8-9H,2,6-7,10-12,15H2,1H3. The minimum absolute atomic E-state index is 0.227. The summed E-state index contributed by atoms with van der Waals surface area (Å²) in [5.74, 6) is 0.227. The molecule has 1 amide bonds. The Morgan fingerprint density at radius 3 is 2.53 bits per heavy atom. The zero-order chi connectivity index (χ0) is 12.5. The zero-order valence-electron chi connectivity index (χ0n) is 10.6. The SMILES string of the molecule is CCN(Cc1ccccc1)C(=O)CCCCN. The predicted octanol–water partition coefficient (Wildman–Crippen LogP) is 2.16. The maximum absolute atomic E-state index is 11.9. The highest BCUT2D eigenvalue weighted by Crippen LogP contribution is 2.07. The third-order valence-corrected chi connectivity index (χ3v) is 2.80. The van der Waals surface area contributed by atoms with Gasteiger partial charge in [-0.05, 0) is 31.9 Å². The second kappa shape index (κ2) is 7.85. The third-order valence-electron chi connectivity index (χ3n) is 2.80. The van der Waals surface area contributed by atoms with Crippen LogP contribution in [0.15, 0.2) is 30.3 Å². The van der Waals surface area contributed by atoms with Gasteiger partial charge in [0.1, 0.15) is 0 Å². The molecule has 0 unspecified atom stereocenters. The molecule has 1 aromatic carbocycles. The first-order valence-electron chi connectivity index (χ1n) is 6.29. The van der Waals surface area contributed by atoms with Gasteiger partial charge in [-0.1, -0.05) is 30.3 Å². The molecule has 0 aromatic heterocycles. The van der Waals surface area contributed by atoms with E-state index < -0.39 is 0 Å². The highest BCUT2D eigenvalue weighted by Gasteiger charge is 2.11. The number of hydrogen-bond acceptors (Lipinski definition) is 2. The number of unbranched alkanes of at least 4 members (excludes halogenated alkanes) is 1. The summed E-state index contributed by atoms with van der Waals surface area (Å²) in [6.07, 6.45) is 2.42. The van der Waals surface area contributed by atoms with Crippen LogP contribution in [0.3, 0.4) is 0 Å². The van der Waals surface area contributed by atoms with Crippen LogP contribution < -0.4 is 5.73 Å². The summed E-state index contributed by atoms with van der Waals surface area (Å²) in [5, 5.41) is 0. The van der Waals surface area contributed by atoms with E-state index in [4.69, 9.17) is 5.73 Å². The highest BCUT2D eigenvalue weighted by atomic mass is 16.2. The Balaban J connectivity index is 2.45. The fourth-order valence-corrected chi connectivity index (χ4v) is 1.76. The van der Waals surface area contributed by atoms with E-state index in [0.29, 0.717) is 19.5 Å². The van der Waals surface area contributed by atoms with E-state index in [2.05, 4.69) is 12.1 Å². The lowest BCUT2D eigenvalue weighted by molar-refractivity contribution is -0.131. The molecular weight excluding hydrogens is 212 g/mol. The van der Waals surface area contributed by atoms with E-state index in [1.807, 2.05) is 30.0 Å². The fraction of sp³-hybridized carbons (Fsp3) is 0.500. The fourth-order valence-electron chi connectivity index (χ4n) is 1.76. The molecule has 0 radical (unpaired) electrons. The normalized spacial score (nSPS) is 10.2. The summed E-state index contributed by atoms with van der Waals surface area (Å²) in [6, 6.07) is 10.1. The Kier molecular flexibility index (Phi) is 6.33. The van der Waals surface area contributed by atoms with Gasteiger partial charge < -0.3 is 10.6 Å². The van der Waals surface area contributed by atoms with Crippen LogP contribution in [-0.4, -0.2) is 23.9 Å². The Morgan fingerprint density at radius 1 is 1.24 bits per heavy atom. The lowest BCUT2D eigenvalue weighted by atomic mass is 10.2. The molecule has 1 rings (SSSR count). The average molecular weight is 234 g/mol. The summed E-state index contributed by atoms with van der Waals surface area (Å²) in [7, 11) is 0. The van der Waals surface area contributed by atoms with Gasteiger partial charge >= 0.3 is 0 Å². The van der Waals surface area contributed by atoms with Crippen LogP contribution in [0.4, 0.5) is 0 Å². The third kappa shape index (κ3) is 5.00. The Bertz CT molecular complexity index is 324. The Morgan fingerprint density at radius 2 is 1.94 bits per heavy atom. The van der Waals surface area contributed by atoms with Gasteiger partial charge in [0.15, 0.2) is 0 Å². The Labute approximate surface area is 104 Å². The van der Waals surface area contributed by atoms with Gasteiger partial charge in [-0.2, -0.15) is 0 Å². The second-order valence-corrected chi connectivity index (χ2v) is 4.14. The van der Waals surface area contributed by atoms with Crippen molar-refractivity contribution in [1.82, 2.24) is 4.90 Å². The lowest BCUT2D eigenvalue weighted by Gasteiger charge is -2.21. The maximum atomic E-state index is 11.9. The topological polar surface area (TPSA) is 46.3 Å². The van der Waals surface area contributed by atoms with Crippen LogP contribution in [0.25, 0.3) is 0 Å². The average Bonchev–Trinajstić information content (AvgIpc) is 2.37. The van der Waals surface area contributed by atoms with Crippen molar-refractivity contribution in [3.05, 3.63) is 35.9 Å². The van der Waals surface area contributed by atoms with Gasteiger partial charge in [0.05, 0.1) is 0 Å². The number of hydrogen-bond donors (Lipinski definition) is 1. The van der Waals surface area contributed by atoms with Gasteiger partial charge in [-0.25, -0.2) is 0 Å². The van der Waals surface area contributed by atoms with Crippen molar-refractivity contribution < 1.29 is 4.79 Å². The first-order valence-corrected chi connectivity index (χ1v) is 6.29. The molecular formula is C14H22N2O. The molecule has 1 aromatic rings. The molecule has 3 nitrogen and oxygen atoms in total. The molecule has 0 bridgehead atoms. The zero-order valence-corrected chi connectivity index (χ0v) is 10.6. The van der Waals surface area contributed by atoms with Crippen molar-refractivity contribution in [2.75, 3.05) is 13.1 Å². The van der Waals surface area contributed by atoms with Crippen LogP contribution in [0.2, 0.25) is 0 Å². The molecule has 17 heavy (non-hydrogen) atoms. The largest absolute Gasteiger partial charge is 0.339 e. The molecule has 0 fully saturated rings. The number of benzene rings is 1. The highest BCUT2D eigenvalue weighted by molar-refractivity contribution is 5.76. The molecule has 94 valence electrons. The monoisotopic (exact) mass is 234 g/mol. The molecule has 0 saturated heterocycles. The van der Waals surface area contributed by atoms with E-state index in [0.717, 1.165) is 19.4 Å². The molecule has 0 spiro atoms. The van der Waals surface area contributed by atoms with Crippen molar-refractivity contribution in [3.8, 4) is 0 Å². The quantitative estimate of drug-likeness (QED) is 0.735. The van der Waals surface area contributed by atoms with Gasteiger partial charge in [0, 0.05) is 19.5 Å². The van der Waals surface area contributed by atoms with E-state index in [1.54, 1.807) is 0 Å². The van der Waals surface area contributed by atoms with Crippen molar-refractivity contribution in [3.63, 3.8) is 0 Å². The van der Waals surface area contributed by atoms with Crippen molar-refractivity contribution in [1.29, 1.82) is 0 Å². The summed E-state index contributed by atoms with van der Waals surface area (Å²) in [6.45, 7) is 4.15. The number of amides is 1. The van der Waals surface area contributed by atoms with Gasteiger partial charge in [-0.3, -0.25) is 4.79 Å². The van der Waals surface area contributed by atoms with Crippen molar-refractivity contribution >= 4 is 5.91 Å². The van der Waals surface area contributed by atoms with Crippen LogP contribution in [0.1, 0.15) is 31.7 Å². The van der Waals surface area contributed by atoms with E-state index in [1.165, 1.54) is 5.56 Å². The Hall–Kier alpha value is -1.35. The van der Waals surface area contributed by atoms with Crippen LogP contribution >= 0.6 is 0 Å². The van der Waals surface area contributed by atoms with Gasteiger partial charge in [-0.15, -0.1) is 0 Å². The van der Waals surface area contributed by atoms with Crippen molar-refractivity contribution in [2.24, 2.45) is 5.73 Å². The summed E-state index contributed by atoms with van der Waals surface area (Å²) in [5.41, 5.74) is 6.60. The molecule has 0 heterocycles. The summed E-state index contributed by atoms with van der Waals surface area (Å²) < 4.78 is 0. The van der Waals surface area contributed by atoms with E-state index in [-0.39, 0.29) is 5.91 Å². The number of nitrogens with zero attached hydrogens (tertiary/aromatic N) is 1. The number of carbonyl (C=O) groups is 1. The summed E-state index contributed by atoms with van der Waals surface area (Å²) >= 11 is 0. The minimum Gasteiger partial charge on any atom is -0.339 e. The second-order valence-electron chi connectivity index (χ2n) is 4.14. The van der Waals surface area contributed by atoms with Gasteiger partial charge in [0.2, 0.25) is 5.91 Å². The molecule has 0 aliphatic heterocycles. The smallest absolute Gasteiger partial charge is 0.222 e.